The number of carbonyl (C=O) groups excluding carboxylic acids is 1. The molecule has 2 aromatic carbocycles. The molecule has 1 aliphatic heterocycles. The molecule has 3 aromatic rings. The number of aryl methyl sites for hydroxylation is 1. The first-order valence-electron chi connectivity index (χ1n) is 10.4. The molecule has 4 rings (SSSR count). The predicted octanol–water partition coefficient (Wildman–Crippen LogP) is 4.01. The van der Waals surface area contributed by atoms with Crippen LogP contribution >= 0.6 is 0 Å². The number of nitrogens with zero attached hydrogens (tertiary/aromatic N) is 4. The van der Waals surface area contributed by atoms with E-state index in [-0.39, 0.29) is 5.91 Å². The third-order valence-electron chi connectivity index (χ3n) is 5.48. The van der Waals surface area contributed by atoms with Crippen molar-refractivity contribution in [2.24, 2.45) is 0 Å². The highest BCUT2D eigenvalue weighted by Gasteiger charge is 2.34. The van der Waals surface area contributed by atoms with Gasteiger partial charge in [-0.15, -0.1) is 0 Å². The predicted molar refractivity (Wildman–Crippen MR) is 119 cm³/mol. The fraction of sp³-hybridized carbons (Fsp3) is 0.304. The number of hydrogen-bond donors (Lipinski definition) is 2. The van der Waals surface area contributed by atoms with Crippen molar-refractivity contribution < 1.29 is 9.53 Å². The van der Waals surface area contributed by atoms with Gasteiger partial charge in [-0.25, -0.2) is 0 Å². The zero-order chi connectivity index (χ0) is 22.0. The summed E-state index contributed by atoms with van der Waals surface area (Å²) in [5, 5.41) is 18.2. The lowest BCUT2D eigenvalue weighted by Crippen LogP contribution is -2.31. The largest absolute Gasteiger partial charge is 0.494 e. The molecule has 1 aromatic heterocycles. The highest BCUT2D eigenvalue weighted by molar-refractivity contribution is 6.06. The summed E-state index contributed by atoms with van der Waals surface area (Å²) < 4.78 is 7.33. The minimum atomic E-state index is -0.461. The van der Waals surface area contributed by atoms with Crippen molar-refractivity contribution in [3.8, 4) is 5.75 Å². The van der Waals surface area contributed by atoms with E-state index in [4.69, 9.17) is 4.74 Å². The van der Waals surface area contributed by atoms with Crippen molar-refractivity contribution in [1.82, 2.24) is 20.2 Å². The summed E-state index contributed by atoms with van der Waals surface area (Å²) in [6.07, 6.45) is 0.939. The Morgan fingerprint density at radius 1 is 1.16 bits per heavy atom. The quantitative estimate of drug-likeness (QED) is 0.628. The summed E-state index contributed by atoms with van der Waals surface area (Å²) in [4.78, 5) is 13.4. The highest BCUT2D eigenvalue weighted by atomic mass is 16.5. The molecule has 1 aliphatic rings. The lowest BCUT2D eigenvalue weighted by atomic mass is 9.94. The van der Waals surface area contributed by atoms with Gasteiger partial charge in [0.2, 0.25) is 5.95 Å². The van der Waals surface area contributed by atoms with E-state index in [2.05, 4.69) is 33.1 Å². The Morgan fingerprint density at radius 3 is 2.68 bits per heavy atom. The number of carbonyl (C=O) groups is 1. The van der Waals surface area contributed by atoms with E-state index in [0.29, 0.717) is 23.8 Å². The summed E-state index contributed by atoms with van der Waals surface area (Å²) in [5.41, 5.74) is 5.10. The molecular formula is C23H26N6O2. The highest BCUT2D eigenvalue weighted by Crippen LogP contribution is 2.35. The molecule has 31 heavy (non-hydrogen) atoms. The third-order valence-corrected chi connectivity index (χ3v) is 5.48. The van der Waals surface area contributed by atoms with Crippen LogP contribution in [0.25, 0.3) is 0 Å². The molecule has 8 nitrogen and oxygen atoms in total. The van der Waals surface area contributed by atoms with E-state index in [0.717, 1.165) is 34.5 Å². The Labute approximate surface area is 181 Å². The van der Waals surface area contributed by atoms with Gasteiger partial charge >= 0.3 is 0 Å². The summed E-state index contributed by atoms with van der Waals surface area (Å²) in [7, 11) is 0. The van der Waals surface area contributed by atoms with E-state index in [1.54, 1.807) is 4.68 Å². The van der Waals surface area contributed by atoms with Crippen LogP contribution in [0.15, 0.2) is 53.7 Å². The van der Waals surface area contributed by atoms with Gasteiger partial charge in [-0.1, -0.05) is 36.3 Å². The maximum Gasteiger partial charge on any atom is 0.255 e. The third kappa shape index (κ3) is 4.01. The summed E-state index contributed by atoms with van der Waals surface area (Å²) in [5.74, 6) is 1.09. The Hall–Kier alpha value is -3.68. The lowest BCUT2D eigenvalue weighted by molar-refractivity contribution is -0.113. The average molecular weight is 419 g/mol. The number of ether oxygens (including phenoxy) is 1. The average Bonchev–Trinajstić information content (AvgIpc) is 3.23. The molecule has 8 heteroatoms. The van der Waals surface area contributed by atoms with Gasteiger partial charge in [0.1, 0.15) is 11.8 Å². The molecule has 160 valence electrons. The molecule has 1 unspecified atom stereocenters. The second-order valence-electron chi connectivity index (χ2n) is 7.63. The molecule has 2 heterocycles. The summed E-state index contributed by atoms with van der Waals surface area (Å²) in [6.45, 7) is 8.61. The normalized spacial score (nSPS) is 15.3. The van der Waals surface area contributed by atoms with E-state index >= 15 is 0 Å². The van der Waals surface area contributed by atoms with Crippen molar-refractivity contribution in [2.45, 2.75) is 40.2 Å². The van der Waals surface area contributed by atoms with Crippen LogP contribution in [0.4, 0.5) is 11.6 Å². The van der Waals surface area contributed by atoms with E-state index in [1.165, 1.54) is 0 Å². The van der Waals surface area contributed by atoms with Crippen LogP contribution in [-0.2, 0) is 4.79 Å². The second kappa shape index (κ2) is 8.59. The molecule has 0 bridgehead atoms. The molecule has 0 fully saturated rings. The number of anilines is 2. The van der Waals surface area contributed by atoms with Gasteiger partial charge in [0.25, 0.3) is 5.91 Å². The van der Waals surface area contributed by atoms with Crippen LogP contribution in [-0.4, -0.2) is 32.7 Å². The first-order valence-corrected chi connectivity index (χ1v) is 10.4. The number of allylic oxidation sites excluding steroid dienone is 1. The topological polar surface area (TPSA) is 94.0 Å². The lowest BCUT2D eigenvalue weighted by Gasteiger charge is -2.28. The standard InChI is InChI=1S/C23H26N6O2/c1-5-13-31-18-11-9-17(10-12-18)21-20(16(4)24-23-26-27-28-29(21)23)22(30)25-19-8-6-7-14(2)15(19)3/h6-12,21H,5,13H2,1-4H3,(H,25,30)(H,24,26,28). The van der Waals surface area contributed by atoms with Crippen molar-refractivity contribution in [3.05, 3.63) is 70.4 Å². The number of aromatic nitrogens is 4. The fourth-order valence-corrected chi connectivity index (χ4v) is 3.66. The second-order valence-corrected chi connectivity index (χ2v) is 7.63. The number of rotatable bonds is 6. The minimum Gasteiger partial charge on any atom is -0.494 e. The smallest absolute Gasteiger partial charge is 0.255 e. The molecular weight excluding hydrogens is 392 g/mol. The van der Waals surface area contributed by atoms with Gasteiger partial charge in [-0.2, -0.15) is 4.68 Å². The Bertz CT molecular complexity index is 1130. The zero-order valence-corrected chi connectivity index (χ0v) is 18.1. The first kappa shape index (κ1) is 20.6. The number of hydrogen-bond acceptors (Lipinski definition) is 6. The Morgan fingerprint density at radius 2 is 1.94 bits per heavy atom. The van der Waals surface area contributed by atoms with E-state index < -0.39 is 6.04 Å². The zero-order valence-electron chi connectivity index (χ0n) is 18.1. The number of benzene rings is 2. The molecule has 1 atom stereocenters. The van der Waals surface area contributed by atoms with Crippen LogP contribution in [0, 0.1) is 13.8 Å². The monoisotopic (exact) mass is 418 g/mol. The molecule has 0 aliphatic carbocycles. The fourth-order valence-electron chi connectivity index (χ4n) is 3.66. The number of nitrogens with one attached hydrogen (secondary N) is 2. The van der Waals surface area contributed by atoms with Gasteiger partial charge < -0.3 is 15.4 Å². The summed E-state index contributed by atoms with van der Waals surface area (Å²) >= 11 is 0. The van der Waals surface area contributed by atoms with Gasteiger partial charge in [0, 0.05) is 11.4 Å². The molecule has 2 N–H and O–H groups in total. The van der Waals surface area contributed by atoms with Crippen molar-refractivity contribution in [2.75, 3.05) is 17.2 Å². The van der Waals surface area contributed by atoms with Crippen LogP contribution in [0.2, 0.25) is 0 Å². The van der Waals surface area contributed by atoms with Crippen molar-refractivity contribution in [3.63, 3.8) is 0 Å². The molecule has 0 saturated carbocycles. The molecule has 0 saturated heterocycles. The SMILES string of the molecule is CCCOc1ccc(C2C(C(=O)Nc3cccc(C)c3C)=C(C)Nc3nnnn32)cc1. The number of fused-ring (bicyclic) bond motifs is 1. The van der Waals surface area contributed by atoms with Crippen molar-refractivity contribution in [1.29, 1.82) is 0 Å². The maximum absolute atomic E-state index is 13.4. The van der Waals surface area contributed by atoms with Gasteiger partial charge in [-0.05, 0) is 72.5 Å². The Balaban J connectivity index is 1.70. The summed E-state index contributed by atoms with van der Waals surface area (Å²) in [6, 6.07) is 13.1. The number of amides is 1. The van der Waals surface area contributed by atoms with E-state index in [9.17, 15) is 4.79 Å². The van der Waals surface area contributed by atoms with Crippen molar-refractivity contribution >= 4 is 17.5 Å². The minimum absolute atomic E-state index is 0.198. The molecule has 0 radical (unpaired) electrons. The molecule has 0 spiro atoms. The first-order chi connectivity index (χ1) is 15.0. The number of tetrazole rings is 1. The van der Waals surface area contributed by atoms with Gasteiger partial charge in [0.05, 0.1) is 12.2 Å². The van der Waals surface area contributed by atoms with Gasteiger partial charge in [-0.3, -0.25) is 4.79 Å². The Kier molecular flexibility index (Phi) is 5.70. The maximum atomic E-state index is 13.4. The van der Waals surface area contributed by atoms with Crippen LogP contribution in [0.5, 0.6) is 5.75 Å². The van der Waals surface area contributed by atoms with E-state index in [1.807, 2.05) is 63.2 Å². The van der Waals surface area contributed by atoms with Crippen LogP contribution < -0.4 is 15.4 Å². The van der Waals surface area contributed by atoms with Crippen LogP contribution in [0.1, 0.15) is 43.0 Å². The van der Waals surface area contributed by atoms with Gasteiger partial charge in [0.15, 0.2) is 0 Å². The van der Waals surface area contributed by atoms with Crippen LogP contribution in [0.3, 0.4) is 0 Å². The molecule has 1 amide bonds.